The molecule has 0 aliphatic heterocycles. The zero-order valence-corrected chi connectivity index (χ0v) is 16.6. The molecule has 0 saturated heterocycles. The lowest BCUT2D eigenvalue weighted by atomic mass is 10.1. The van der Waals surface area contributed by atoms with Gasteiger partial charge in [0.25, 0.3) is 0 Å². The number of nitrogens with one attached hydrogen (secondary N) is 1. The Kier molecular flexibility index (Phi) is 6.10. The van der Waals surface area contributed by atoms with Gasteiger partial charge >= 0.3 is 0 Å². The third kappa shape index (κ3) is 4.60. The van der Waals surface area contributed by atoms with Crippen molar-refractivity contribution < 1.29 is 5.11 Å². The Bertz CT molecular complexity index is 1150. The predicted octanol–water partition coefficient (Wildman–Crippen LogP) is 4.14. The SMILES string of the molecule is OCC#Cc1csc2c(NCCCc3ccccc3)nc(-c3ccncc3)nc12. The molecule has 4 aromatic rings. The van der Waals surface area contributed by atoms with E-state index in [0.717, 1.165) is 46.5 Å². The number of aromatic nitrogens is 3. The molecule has 4 rings (SSSR count). The minimum Gasteiger partial charge on any atom is -0.384 e. The molecule has 0 saturated carbocycles. The fraction of sp³-hybridized carbons (Fsp3) is 0.174. The first kappa shape index (κ1) is 19.1. The lowest BCUT2D eigenvalue weighted by Gasteiger charge is -2.09. The van der Waals surface area contributed by atoms with Gasteiger partial charge in [0.2, 0.25) is 0 Å². The third-order valence-electron chi connectivity index (χ3n) is 4.43. The van der Waals surface area contributed by atoms with Crippen LogP contribution >= 0.6 is 11.3 Å². The van der Waals surface area contributed by atoms with Crippen molar-refractivity contribution in [1.29, 1.82) is 0 Å². The van der Waals surface area contributed by atoms with Gasteiger partial charge in [-0.15, -0.1) is 11.3 Å². The van der Waals surface area contributed by atoms with E-state index in [4.69, 9.17) is 15.1 Å². The lowest BCUT2D eigenvalue weighted by molar-refractivity contribution is 0.350. The molecule has 0 amide bonds. The van der Waals surface area contributed by atoms with Crippen molar-refractivity contribution >= 4 is 27.4 Å². The van der Waals surface area contributed by atoms with Crippen molar-refractivity contribution in [3.8, 4) is 23.2 Å². The fourth-order valence-electron chi connectivity index (χ4n) is 3.04. The number of pyridine rings is 1. The van der Waals surface area contributed by atoms with Crippen molar-refractivity contribution in [1.82, 2.24) is 15.0 Å². The highest BCUT2D eigenvalue weighted by Crippen LogP contribution is 2.32. The number of nitrogens with zero attached hydrogens (tertiary/aromatic N) is 3. The maximum Gasteiger partial charge on any atom is 0.162 e. The molecule has 0 radical (unpaired) electrons. The van der Waals surface area contributed by atoms with Crippen LogP contribution in [-0.2, 0) is 6.42 Å². The maximum atomic E-state index is 9.04. The maximum absolute atomic E-state index is 9.04. The molecular formula is C23H20N4OS. The largest absolute Gasteiger partial charge is 0.384 e. The molecule has 0 spiro atoms. The minimum atomic E-state index is -0.176. The smallest absolute Gasteiger partial charge is 0.162 e. The zero-order chi connectivity index (χ0) is 19.9. The van der Waals surface area contributed by atoms with E-state index in [1.54, 1.807) is 23.7 Å². The van der Waals surface area contributed by atoms with Gasteiger partial charge in [0.05, 0.1) is 10.3 Å². The van der Waals surface area contributed by atoms with Gasteiger partial charge in [-0.3, -0.25) is 4.98 Å². The summed E-state index contributed by atoms with van der Waals surface area (Å²) in [5, 5.41) is 14.5. The van der Waals surface area contributed by atoms with Crippen LogP contribution in [-0.4, -0.2) is 33.2 Å². The number of aliphatic hydroxyl groups excluding tert-OH is 1. The normalized spacial score (nSPS) is 10.5. The van der Waals surface area contributed by atoms with E-state index in [-0.39, 0.29) is 6.61 Å². The van der Waals surface area contributed by atoms with Gasteiger partial charge < -0.3 is 10.4 Å². The van der Waals surface area contributed by atoms with Crippen LogP contribution in [0.4, 0.5) is 5.82 Å². The Balaban J connectivity index is 1.61. The summed E-state index contributed by atoms with van der Waals surface area (Å²) in [6.07, 6.45) is 5.48. The van der Waals surface area contributed by atoms with Gasteiger partial charge in [-0.1, -0.05) is 42.2 Å². The molecule has 3 aromatic heterocycles. The van der Waals surface area contributed by atoms with Gasteiger partial charge in [-0.25, -0.2) is 9.97 Å². The summed E-state index contributed by atoms with van der Waals surface area (Å²) in [4.78, 5) is 13.6. The molecule has 144 valence electrons. The molecule has 0 unspecified atom stereocenters. The second kappa shape index (κ2) is 9.28. The molecule has 0 bridgehead atoms. The molecule has 0 aliphatic carbocycles. The first-order chi connectivity index (χ1) is 14.3. The van der Waals surface area contributed by atoms with Crippen LogP contribution in [0.2, 0.25) is 0 Å². The van der Waals surface area contributed by atoms with Crippen molar-refractivity contribution in [3.63, 3.8) is 0 Å². The number of aliphatic hydroxyl groups is 1. The highest BCUT2D eigenvalue weighted by molar-refractivity contribution is 7.18. The summed E-state index contributed by atoms with van der Waals surface area (Å²) in [7, 11) is 0. The van der Waals surface area contributed by atoms with Crippen LogP contribution in [0.3, 0.4) is 0 Å². The Hall–Kier alpha value is -3.27. The quantitative estimate of drug-likeness (QED) is 0.376. The van der Waals surface area contributed by atoms with Crippen LogP contribution in [0.1, 0.15) is 17.5 Å². The van der Waals surface area contributed by atoms with Crippen molar-refractivity contribution in [3.05, 3.63) is 71.4 Å². The van der Waals surface area contributed by atoms with Crippen LogP contribution in [0.5, 0.6) is 0 Å². The van der Waals surface area contributed by atoms with Gasteiger partial charge in [0, 0.05) is 29.9 Å². The number of fused-ring (bicyclic) bond motifs is 1. The van der Waals surface area contributed by atoms with Crippen LogP contribution < -0.4 is 5.32 Å². The van der Waals surface area contributed by atoms with Gasteiger partial charge in [0.1, 0.15) is 17.9 Å². The van der Waals surface area contributed by atoms with Gasteiger partial charge in [-0.2, -0.15) is 0 Å². The number of rotatable bonds is 6. The number of benzene rings is 1. The summed E-state index contributed by atoms with van der Waals surface area (Å²) in [5.74, 6) is 7.16. The van der Waals surface area contributed by atoms with Gasteiger partial charge in [-0.05, 0) is 30.5 Å². The first-order valence-electron chi connectivity index (χ1n) is 9.42. The Morgan fingerprint density at radius 1 is 1.03 bits per heavy atom. The third-order valence-corrected chi connectivity index (χ3v) is 5.41. The van der Waals surface area contributed by atoms with E-state index in [0.29, 0.717) is 5.82 Å². The Labute approximate surface area is 173 Å². The lowest BCUT2D eigenvalue weighted by Crippen LogP contribution is -2.06. The molecule has 2 N–H and O–H groups in total. The molecule has 0 aliphatic rings. The summed E-state index contributed by atoms with van der Waals surface area (Å²) in [6.45, 7) is 0.635. The topological polar surface area (TPSA) is 70.9 Å². The van der Waals surface area contributed by atoms with Crippen molar-refractivity contribution in [2.24, 2.45) is 0 Å². The van der Waals surface area contributed by atoms with Crippen molar-refractivity contribution in [2.45, 2.75) is 12.8 Å². The van der Waals surface area contributed by atoms with Crippen molar-refractivity contribution in [2.75, 3.05) is 18.5 Å². The standard InChI is InChI=1S/C23H20N4OS/c28-15-5-9-19-16-29-21-20(19)26-22(18-10-13-24-14-11-18)27-23(21)25-12-4-8-17-6-2-1-3-7-17/h1-3,6-7,10-11,13-14,16,28H,4,8,12,15H2,(H,25,26,27). The fourth-order valence-corrected chi connectivity index (χ4v) is 3.94. The van der Waals surface area contributed by atoms with Gasteiger partial charge in [0.15, 0.2) is 5.82 Å². The molecule has 5 nitrogen and oxygen atoms in total. The van der Waals surface area contributed by atoms with Crippen LogP contribution in [0, 0.1) is 11.8 Å². The zero-order valence-electron chi connectivity index (χ0n) is 15.8. The predicted molar refractivity (Wildman–Crippen MR) is 118 cm³/mol. The molecule has 0 atom stereocenters. The summed E-state index contributed by atoms with van der Waals surface area (Å²) in [6, 6.07) is 14.3. The Morgan fingerprint density at radius 3 is 2.66 bits per heavy atom. The first-order valence-corrected chi connectivity index (χ1v) is 10.3. The number of hydrogen-bond donors (Lipinski definition) is 2. The molecule has 6 heteroatoms. The molecular weight excluding hydrogens is 380 g/mol. The second-order valence-electron chi connectivity index (χ2n) is 6.43. The average molecular weight is 401 g/mol. The highest BCUT2D eigenvalue weighted by Gasteiger charge is 2.14. The van der Waals surface area contributed by atoms with E-state index in [9.17, 15) is 0 Å². The van der Waals surface area contributed by atoms with Crippen LogP contribution in [0.15, 0.2) is 60.2 Å². The highest BCUT2D eigenvalue weighted by atomic mass is 32.1. The van der Waals surface area contributed by atoms with Crippen LogP contribution in [0.25, 0.3) is 21.6 Å². The average Bonchev–Trinajstić information content (AvgIpc) is 3.19. The minimum absolute atomic E-state index is 0.176. The van der Waals surface area contributed by atoms with E-state index in [2.05, 4.69) is 46.4 Å². The van der Waals surface area contributed by atoms with E-state index in [1.807, 2.05) is 23.6 Å². The van der Waals surface area contributed by atoms with E-state index < -0.39 is 0 Å². The summed E-state index contributed by atoms with van der Waals surface area (Å²) >= 11 is 1.57. The summed E-state index contributed by atoms with van der Waals surface area (Å²) in [5.41, 5.74) is 3.85. The molecule has 29 heavy (non-hydrogen) atoms. The molecule has 1 aromatic carbocycles. The number of anilines is 1. The van der Waals surface area contributed by atoms with E-state index in [1.165, 1.54) is 5.56 Å². The summed E-state index contributed by atoms with van der Waals surface area (Å²) < 4.78 is 0.977. The Morgan fingerprint density at radius 2 is 1.86 bits per heavy atom. The number of aryl methyl sites for hydroxylation is 1. The molecule has 0 fully saturated rings. The molecule has 3 heterocycles. The monoisotopic (exact) mass is 400 g/mol. The number of thiophene rings is 1. The second-order valence-corrected chi connectivity index (χ2v) is 7.31. The number of hydrogen-bond acceptors (Lipinski definition) is 6. The van der Waals surface area contributed by atoms with E-state index >= 15 is 0 Å².